The summed E-state index contributed by atoms with van der Waals surface area (Å²) < 4.78 is 13.0. The SMILES string of the molecule is Nc1nc(CCC(=O)O)nc2cc(F)ccc12. The van der Waals surface area contributed by atoms with E-state index in [9.17, 15) is 9.18 Å². The number of nitrogen functional groups attached to an aromatic ring is 1. The van der Waals surface area contributed by atoms with Crippen LogP contribution in [-0.2, 0) is 11.2 Å². The van der Waals surface area contributed by atoms with Crippen LogP contribution >= 0.6 is 0 Å². The summed E-state index contributed by atoms with van der Waals surface area (Å²) in [6.07, 6.45) is 0.0895. The number of halogens is 1. The lowest BCUT2D eigenvalue weighted by Gasteiger charge is -2.04. The average molecular weight is 235 g/mol. The van der Waals surface area contributed by atoms with Crippen LogP contribution in [0.25, 0.3) is 10.9 Å². The van der Waals surface area contributed by atoms with Crippen molar-refractivity contribution in [3.8, 4) is 0 Å². The van der Waals surface area contributed by atoms with Crippen molar-refractivity contribution >= 4 is 22.7 Å². The molecule has 88 valence electrons. The number of carboxylic acids is 1. The lowest BCUT2D eigenvalue weighted by molar-refractivity contribution is -0.137. The first-order valence-corrected chi connectivity index (χ1v) is 4.99. The molecule has 5 nitrogen and oxygen atoms in total. The van der Waals surface area contributed by atoms with Gasteiger partial charge in [-0.1, -0.05) is 0 Å². The van der Waals surface area contributed by atoms with E-state index in [0.717, 1.165) is 0 Å². The van der Waals surface area contributed by atoms with Crippen LogP contribution in [0.5, 0.6) is 0 Å². The van der Waals surface area contributed by atoms with Gasteiger partial charge in [0, 0.05) is 17.9 Å². The highest BCUT2D eigenvalue weighted by molar-refractivity contribution is 5.87. The molecule has 0 saturated carbocycles. The zero-order chi connectivity index (χ0) is 12.4. The van der Waals surface area contributed by atoms with Gasteiger partial charge in [0.1, 0.15) is 17.5 Å². The molecular weight excluding hydrogens is 225 g/mol. The fourth-order valence-corrected chi connectivity index (χ4v) is 1.51. The van der Waals surface area contributed by atoms with E-state index in [0.29, 0.717) is 16.7 Å². The van der Waals surface area contributed by atoms with Crippen molar-refractivity contribution in [2.75, 3.05) is 5.73 Å². The molecule has 6 heteroatoms. The minimum Gasteiger partial charge on any atom is -0.481 e. The molecule has 2 rings (SSSR count). The highest BCUT2D eigenvalue weighted by Gasteiger charge is 2.07. The number of nitrogens with zero attached hydrogens (tertiary/aromatic N) is 2. The fourth-order valence-electron chi connectivity index (χ4n) is 1.51. The summed E-state index contributed by atoms with van der Waals surface area (Å²) in [5.74, 6) is -0.815. The Morgan fingerprint density at radius 1 is 1.41 bits per heavy atom. The Kier molecular flexibility index (Phi) is 2.86. The summed E-state index contributed by atoms with van der Waals surface area (Å²) in [7, 11) is 0. The van der Waals surface area contributed by atoms with Crippen LogP contribution in [0.2, 0.25) is 0 Å². The Bertz CT molecular complexity index is 586. The maximum absolute atomic E-state index is 13.0. The van der Waals surface area contributed by atoms with Gasteiger partial charge < -0.3 is 10.8 Å². The number of carboxylic acid groups (broad SMARTS) is 1. The molecule has 1 aromatic carbocycles. The van der Waals surface area contributed by atoms with Crippen molar-refractivity contribution in [1.82, 2.24) is 9.97 Å². The number of anilines is 1. The van der Waals surface area contributed by atoms with Gasteiger partial charge in [0.05, 0.1) is 11.9 Å². The molecule has 0 amide bonds. The summed E-state index contributed by atoms with van der Waals surface area (Å²) in [5, 5.41) is 9.12. The summed E-state index contributed by atoms with van der Waals surface area (Å²) in [6, 6.07) is 4.03. The fraction of sp³-hybridized carbons (Fsp3) is 0.182. The third-order valence-electron chi connectivity index (χ3n) is 2.30. The van der Waals surface area contributed by atoms with E-state index in [1.54, 1.807) is 0 Å². The zero-order valence-electron chi connectivity index (χ0n) is 8.85. The first kappa shape index (κ1) is 11.3. The van der Waals surface area contributed by atoms with Crippen molar-refractivity contribution in [2.45, 2.75) is 12.8 Å². The second-order valence-electron chi connectivity index (χ2n) is 3.58. The van der Waals surface area contributed by atoms with Gasteiger partial charge in [0.2, 0.25) is 0 Å². The van der Waals surface area contributed by atoms with Crippen molar-refractivity contribution in [2.24, 2.45) is 0 Å². The molecule has 0 saturated heterocycles. The highest BCUT2D eigenvalue weighted by Crippen LogP contribution is 2.19. The number of aromatic nitrogens is 2. The lowest BCUT2D eigenvalue weighted by atomic mass is 10.2. The van der Waals surface area contributed by atoms with Gasteiger partial charge in [-0.25, -0.2) is 14.4 Å². The summed E-state index contributed by atoms with van der Waals surface area (Å²) in [5.41, 5.74) is 6.08. The van der Waals surface area contributed by atoms with Crippen LogP contribution < -0.4 is 5.73 Å². The van der Waals surface area contributed by atoms with E-state index >= 15 is 0 Å². The predicted octanol–water partition coefficient (Wildman–Crippen LogP) is 1.37. The molecule has 0 aliphatic heterocycles. The molecule has 0 radical (unpaired) electrons. The van der Waals surface area contributed by atoms with Gasteiger partial charge in [0.25, 0.3) is 0 Å². The van der Waals surface area contributed by atoms with Crippen molar-refractivity contribution < 1.29 is 14.3 Å². The Balaban J connectivity index is 2.42. The van der Waals surface area contributed by atoms with E-state index in [1.165, 1.54) is 18.2 Å². The first-order chi connectivity index (χ1) is 8.06. The maximum Gasteiger partial charge on any atom is 0.303 e. The molecule has 0 aliphatic carbocycles. The molecule has 0 spiro atoms. The normalized spacial score (nSPS) is 10.6. The second kappa shape index (κ2) is 4.32. The Morgan fingerprint density at radius 3 is 2.88 bits per heavy atom. The van der Waals surface area contributed by atoms with Crippen LogP contribution in [0.1, 0.15) is 12.2 Å². The number of fused-ring (bicyclic) bond motifs is 1. The largest absolute Gasteiger partial charge is 0.481 e. The van der Waals surface area contributed by atoms with Crippen LogP contribution in [0.15, 0.2) is 18.2 Å². The minimum absolute atomic E-state index is 0.0831. The third-order valence-corrected chi connectivity index (χ3v) is 2.30. The summed E-state index contributed by atoms with van der Waals surface area (Å²) in [6.45, 7) is 0. The number of hydrogen-bond acceptors (Lipinski definition) is 4. The molecule has 2 aromatic rings. The smallest absolute Gasteiger partial charge is 0.303 e. The predicted molar refractivity (Wildman–Crippen MR) is 59.9 cm³/mol. The van der Waals surface area contributed by atoms with E-state index in [2.05, 4.69) is 9.97 Å². The van der Waals surface area contributed by atoms with E-state index in [1.807, 2.05) is 0 Å². The molecule has 1 aromatic heterocycles. The Morgan fingerprint density at radius 2 is 2.18 bits per heavy atom. The Hall–Kier alpha value is -2.24. The maximum atomic E-state index is 13.0. The van der Waals surface area contributed by atoms with Gasteiger partial charge >= 0.3 is 5.97 Å². The van der Waals surface area contributed by atoms with Crippen LogP contribution in [0.4, 0.5) is 10.2 Å². The van der Waals surface area contributed by atoms with E-state index in [4.69, 9.17) is 10.8 Å². The van der Waals surface area contributed by atoms with Crippen molar-refractivity contribution in [1.29, 1.82) is 0 Å². The van der Waals surface area contributed by atoms with Crippen LogP contribution in [0, 0.1) is 5.82 Å². The number of rotatable bonds is 3. The quantitative estimate of drug-likeness (QED) is 0.838. The number of nitrogens with two attached hydrogens (primary N) is 1. The van der Waals surface area contributed by atoms with E-state index in [-0.39, 0.29) is 18.7 Å². The number of aliphatic carboxylic acids is 1. The first-order valence-electron chi connectivity index (χ1n) is 4.99. The van der Waals surface area contributed by atoms with Gasteiger partial charge in [-0.2, -0.15) is 0 Å². The Labute approximate surface area is 96.1 Å². The number of hydrogen-bond donors (Lipinski definition) is 2. The van der Waals surface area contributed by atoms with Crippen LogP contribution in [0.3, 0.4) is 0 Å². The molecule has 0 atom stereocenters. The third kappa shape index (κ3) is 2.47. The van der Waals surface area contributed by atoms with Gasteiger partial charge in [-0.15, -0.1) is 0 Å². The van der Waals surface area contributed by atoms with Crippen molar-refractivity contribution in [3.63, 3.8) is 0 Å². The van der Waals surface area contributed by atoms with Gasteiger partial charge in [0.15, 0.2) is 0 Å². The molecular formula is C11H10FN3O2. The molecule has 0 bridgehead atoms. The monoisotopic (exact) mass is 235 g/mol. The second-order valence-corrected chi connectivity index (χ2v) is 3.58. The number of aryl methyl sites for hydroxylation is 1. The van der Waals surface area contributed by atoms with E-state index < -0.39 is 11.8 Å². The molecule has 3 N–H and O–H groups in total. The average Bonchev–Trinajstić information content (AvgIpc) is 2.25. The summed E-state index contributed by atoms with van der Waals surface area (Å²) in [4.78, 5) is 18.5. The minimum atomic E-state index is -0.938. The molecule has 0 fully saturated rings. The van der Waals surface area contributed by atoms with Crippen molar-refractivity contribution in [3.05, 3.63) is 29.8 Å². The number of carbonyl (C=O) groups is 1. The zero-order valence-corrected chi connectivity index (χ0v) is 8.85. The molecule has 0 unspecified atom stereocenters. The highest BCUT2D eigenvalue weighted by atomic mass is 19.1. The van der Waals surface area contributed by atoms with Crippen LogP contribution in [-0.4, -0.2) is 21.0 Å². The van der Waals surface area contributed by atoms with Gasteiger partial charge in [-0.05, 0) is 12.1 Å². The standard InChI is InChI=1S/C11H10FN3O2/c12-6-1-2-7-8(5-6)14-9(15-11(7)13)3-4-10(16)17/h1-2,5H,3-4H2,(H,16,17)(H2,13,14,15). The lowest BCUT2D eigenvalue weighted by Crippen LogP contribution is -2.04. The molecule has 0 aliphatic rings. The van der Waals surface area contributed by atoms with Gasteiger partial charge in [-0.3, -0.25) is 4.79 Å². The summed E-state index contributed by atoms with van der Waals surface area (Å²) >= 11 is 0. The molecule has 17 heavy (non-hydrogen) atoms. The topological polar surface area (TPSA) is 89.1 Å². The number of benzene rings is 1. The molecule has 1 heterocycles.